The molecule has 3 nitrogen and oxygen atoms in total. The van der Waals surface area contributed by atoms with Crippen molar-refractivity contribution in [3.8, 4) is 5.75 Å². The molecule has 0 radical (unpaired) electrons. The second-order valence-electron chi connectivity index (χ2n) is 6.01. The normalized spacial score (nSPS) is 17.1. The molecule has 0 saturated carbocycles. The standard InChI is InChI=1S/C18H17ClF4N2O/c19-14-9-13(10-15(20)11-14)17(25-7-5-24-6-8-25)12-1-3-16(4-2-12)26-18(21,22)23/h1-4,9-11,17,24H,5-8H2/t17-/m0/s1. The lowest BCUT2D eigenvalue weighted by Gasteiger charge is -2.35. The van der Waals surface area contributed by atoms with Crippen molar-refractivity contribution in [1.82, 2.24) is 10.2 Å². The largest absolute Gasteiger partial charge is 0.573 e. The predicted octanol–water partition coefficient (Wildman–Crippen LogP) is 4.37. The van der Waals surface area contributed by atoms with Crippen molar-refractivity contribution in [3.63, 3.8) is 0 Å². The Bertz CT molecular complexity index is 726. The van der Waals surface area contributed by atoms with Gasteiger partial charge in [-0.1, -0.05) is 23.7 Å². The monoisotopic (exact) mass is 388 g/mol. The summed E-state index contributed by atoms with van der Waals surface area (Å²) in [5.41, 5.74) is 1.39. The van der Waals surface area contributed by atoms with Crippen molar-refractivity contribution in [1.29, 1.82) is 0 Å². The number of rotatable bonds is 4. The number of ether oxygens (including phenoxy) is 1. The molecule has 0 amide bonds. The van der Waals surface area contributed by atoms with Crippen molar-refractivity contribution in [2.75, 3.05) is 26.2 Å². The molecule has 1 N–H and O–H groups in total. The van der Waals surface area contributed by atoms with Crippen LogP contribution in [-0.2, 0) is 0 Å². The number of nitrogens with one attached hydrogen (secondary N) is 1. The summed E-state index contributed by atoms with van der Waals surface area (Å²) in [6.07, 6.45) is -4.74. The predicted molar refractivity (Wildman–Crippen MR) is 90.8 cm³/mol. The Labute approximate surface area is 153 Å². The van der Waals surface area contributed by atoms with Crippen LogP contribution in [0.25, 0.3) is 0 Å². The van der Waals surface area contributed by atoms with Crippen LogP contribution in [0.3, 0.4) is 0 Å². The van der Waals surface area contributed by atoms with E-state index in [1.807, 2.05) is 0 Å². The molecule has 0 aromatic heterocycles. The van der Waals surface area contributed by atoms with E-state index in [9.17, 15) is 17.6 Å². The topological polar surface area (TPSA) is 24.5 Å². The zero-order valence-electron chi connectivity index (χ0n) is 13.7. The number of hydrogen-bond acceptors (Lipinski definition) is 3. The maximum Gasteiger partial charge on any atom is 0.573 e. The van der Waals surface area contributed by atoms with E-state index in [0.29, 0.717) is 5.56 Å². The molecule has 0 aliphatic carbocycles. The molecule has 0 unspecified atom stereocenters. The number of benzene rings is 2. The van der Waals surface area contributed by atoms with Gasteiger partial charge in [-0.05, 0) is 41.5 Å². The van der Waals surface area contributed by atoms with Crippen LogP contribution in [0.4, 0.5) is 17.6 Å². The third-order valence-electron chi connectivity index (χ3n) is 4.15. The molecule has 140 valence electrons. The lowest BCUT2D eigenvalue weighted by molar-refractivity contribution is -0.274. The molecule has 26 heavy (non-hydrogen) atoms. The first kappa shape index (κ1) is 18.9. The second-order valence-corrected chi connectivity index (χ2v) is 6.44. The van der Waals surface area contributed by atoms with Gasteiger partial charge in [0.25, 0.3) is 0 Å². The minimum absolute atomic E-state index is 0.275. The summed E-state index contributed by atoms with van der Waals surface area (Å²) >= 11 is 6.00. The molecule has 0 bridgehead atoms. The van der Waals surface area contributed by atoms with Gasteiger partial charge in [0.1, 0.15) is 11.6 Å². The fourth-order valence-corrected chi connectivity index (χ4v) is 3.37. The minimum Gasteiger partial charge on any atom is -0.406 e. The Balaban J connectivity index is 1.94. The van der Waals surface area contributed by atoms with E-state index >= 15 is 0 Å². The van der Waals surface area contributed by atoms with Gasteiger partial charge in [-0.15, -0.1) is 13.2 Å². The van der Waals surface area contributed by atoms with E-state index in [-0.39, 0.29) is 16.8 Å². The first-order valence-corrected chi connectivity index (χ1v) is 8.46. The highest BCUT2D eigenvalue weighted by atomic mass is 35.5. The van der Waals surface area contributed by atoms with Gasteiger partial charge >= 0.3 is 6.36 Å². The summed E-state index contributed by atoms with van der Waals surface area (Å²) in [7, 11) is 0. The van der Waals surface area contributed by atoms with Crippen LogP contribution in [0, 0.1) is 5.82 Å². The van der Waals surface area contributed by atoms with E-state index in [0.717, 1.165) is 31.7 Å². The Kier molecular flexibility index (Phi) is 5.70. The van der Waals surface area contributed by atoms with Crippen LogP contribution >= 0.6 is 11.6 Å². The minimum atomic E-state index is -4.74. The zero-order chi connectivity index (χ0) is 18.7. The van der Waals surface area contributed by atoms with Crippen molar-refractivity contribution < 1.29 is 22.3 Å². The zero-order valence-corrected chi connectivity index (χ0v) is 14.4. The average molecular weight is 389 g/mol. The SMILES string of the molecule is Fc1cc(Cl)cc([C@H](c2ccc(OC(F)(F)F)cc2)N2CCNCC2)c1. The molecule has 1 aliphatic heterocycles. The van der Waals surface area contributed by atoms with Crippen LogP contribution in [-0.4, -0.2) is 37.4 Å². The van der Waals surface area contributed by atoms with Gasteiger partial charge in [0.2, 0.25) is 0 Å². The van der Waals surface area contributed by atoms with Gasteiger partial charge in [-0.2, -0.15) is 0 Å². The van der Waals surface area contributed by atoms with E-state index in [4.69, 9.17) is 11.6 Å². The van der Waals surface area contributed by atoms with Crippen molar-refractivity contribution >= 4 is 11.6 Å². The van der Waals surface area contributed by atoms with Gasteiger partial charge in [-0.25, -0.2) is 4.39 Å². The van der Waals surface area contributed by atoms with Gasteiger partial charge in [-0.3, -0.25) is 4.90 Å². The Morgan fingerprint density at radius 3 is 2.23 bits per heavy atom. The Morgan fingerprint density at radius 2 is 1.65 bits per heavy atom. The quantitative estimate of drug-likeness (QED) is 0.787. The molecule has 2 aromatic rings. The van der Waals surface area contributed by atoms with Crippen molar-refractivity contribution in [3.05, 3.63) is 64.4 Å². The smallest absolute Gasteiger partial charge is 0.406 e. The van der Waals surface area contributed by atoms with Crippen LogP contribution in [0.2, 0.25) is 5.02 Å². The highest BCUT2D eigenvalue weighted by molar-refractivity contribution is 6.30. The molecule has 0 spiro atoms. The molecule has 1 aliphatic rings. The molecule has 3 rings (SSSR count). The summed E-state index contributed by atoms with van der Waals surface area (Å²) in [6, 6.07) is 9.64. The lowest BCUT2D eigenvalue weighted by atomic mass is 9.96. The fraction of sp³-hybridized carbons (Fsp3) is 0.333. The highest BCUT2D eigenvalue weighted by Gasteiger charge is 2.31. The van der Waals surface area contributed by atoms with Gasteiger partial charge in [0.05, 0.1) is 6.04 Å². The lowest BCUT2D eigenvalue weighted by Crippen LogP contribution is -2.45. The Hall–Kier alpha value is -1.83. The van der Waals surface area contributed by atoms with E-state index in [1.165, 1.54) is 24.3 Å². The molecule has 1 atom stereocenters. The molecule has 1 fully saturated rings. The van der Waals surface area contributed by atoms with Crippen LogP contribution in [0.1, 0.15) is 17.2 Å². The molecular formula is C18H17ClF4N2O. The maximum atomic E-state index is 13.9. The van der Waals surface area contributed by atoms with Crippen molar-refractivity contribution in [2.24, 2.45) is 0 Å². The molecule has 1 saturated heterocycles. The highest BCUT2D eigenvalue weighted by Crippen LogP contribution is 2.33. The van der Waals surface area contributed by atoms with Crippen LogP contribution < -0.4 is 10.1 Å². The van der Waals surface area contributed by atoms with Gasteiger partial charge in [0.15, 0.2) is 0 Å². The number of hydrogen-bond donors (Lipinski definition) is 1. The molecular weight excluding hydrogens is 372 g/mol. The summed E-state index contributed by atoms with van der Waals surface area (Å²) in [4.78, 5) is 2.14. The first-order chi connectivity index (χ1) is 12.3. The second kappa shape index (κ2) is 7.82. The Morgan fingerprint density at radius 1 is 1.00 bits per heavy atom. The number of piperazine rings is 1. The van der Waals surface area contributed by atoms with Gasteiger partial charge in [0, 0.05) is 31.2 Å². The van der Waals surface area contributed by atoms with E-state index < -0.39 is 12.2 Å². The summed E-state index contributed by atoms with van der Waals surface area (Å²) < 4.78 is 54.8. The summed E-state index contributed by atoms with van der Waals surface area (Å²) in [6.45, 7) is 2.99. The first-order valence-electron chi connectivity index (χ1n) is 8.08. The van der Waals surface area contributed by atoms with Crippen LogP contribution in [0.5, 0.6) is 5.75 Å². The number of halogens is 5. The van der Waals surface area contributed by atoms with Crippen molar-refractivity contribution in [2.45, 2.75) is 12.4 Å². The molecule has 1 heterocycles. The molecule has 8 heteroatoms. The summed E-state index contributed by atoms with van der Waals surface area (Å²) in [5.74, 6) is -0.748. The maximum absolute atomic E-state index is 13.9. The van der Waals surface area contributed by atoms with Crippen LogP contribution in [0.15, 0.2) is 42.5 Å². The number of alkyl halides is 3. The van der Waals surface area contributed by atoms with E-state index in [1.54, 1.807) is 18.2 Å². The van der Waals surface area contributed by atoms with E-state index in [2.05, 4.69) is 15.0 Å². The fourth-order valence-electron chi connectivity index (χ4n) is 3.14. The summed E-state index contributed by atoms with van der Waals surface area (Å²) in [5, 5.41) is 3.52. The molecule has 2 aromatic carbocycles. The average Bonchev–Trinajstić information content (AvgIpc) is 2.55. The van der Waals surface area contributed by atoms with Gasteiger partial charge < -0.3 is 10.1 Å². The third-order valence-corrected chi connectivity index (χ3v) is 4.36. The third kappa shape index (κ3) is 4.87. The number of nitrogens with zero attached hydrogens (tertiary/aromatic N) is 1.